The van der Waals surface area contributed by atoms with Crippen LogP contribution in [0.3, 0.4) is 0 Å². The fraction of sp³-hybridized carbons (Fsp3) is 0.455. The molecule has 5 atom stereocenters. The van der Waals surface area contributed by atoms with Gasteiger partial charge in [0.2, 0.25) is 11.7 Å². The van der Waals surface area contributed by atoms with E-state index in [1.807, 2.05) is 0 Å². The summed E-state index contributed by atoms with van der Waals surface area (Å²) in [5.41, 5.74) is -0.610. The summed E-state index contributed by atoms with van der Waals surface area (Å²) in [5, 5.41) is 3.11. The number of aromatic nitrogens is 1. The van der Waals surface area contributed by atoms with Crippen LogP contribution in [0.2, 0.25) is 0 Å². The third kappa shape index (κ3) is 5.44. The molecule has 47 heavy (non-hydrogen) atoms. The van der Waals surface area contributed by atoms with E-state index in [0.717, 1.165) is 25.7 Å². The number of fused-ring (bicyclic) bond motifs is 1. The summed E-state index contributed by atoms with van der Waals surface area (Å²) in [6, 6.07) is 5.79. The van der Waals surface area contributed by atoms with E-state index in [1.54, 1.807) is 4.90 Å². The lowest BCUT2D eigenvalue weighted by Crippen LogP contribution is -2.59. The molecule has 2 bridgehead atoms. The maximum absolute atomic E-state index is 14.0. The highest BCUT2D eigenvalue weighted by atomic mass is 19.2. The lowest BCUT2D eigenvalue weighted by molar-refractivity contribution is -0.150. The van der Waals surface area contributed by atoms with Crippen molar-refractivity contribution < 1.29 is 46.0 Å². The Morgan fingerprint density at radius 1 is 1.06 bits per heavy atom. The van der Waals surface area contributed by atoms with Crippen molar-refractivity contribution in [2.75, 3.05) is 19.7 Å². The molecule has 3 heterocycles. The van der Waals surface area contributed by atoms with Gasteiger partial charge in [-0.15, -0.1) is 0 Å². The highest BCUT2D eigenvalue weighted by Gasteiger charge is 2.63. The van der Waals surface area contributed by atoms with Gasteiger partial charge >= 0.3 is 7.12 Å². The molecule has 5 aliphatic rings. The van der Waals surface area contributed by atoms with Crippen LogP contribution in [-0.2, 0) is 14.1 Å². The van der Waals surface area contributed by atoms with E-state index in [1.165, 1.54) is 30.5 Å². The van der Waals surface area contributed by atoms with Crippen LogP contribution in [0.5, 0.6) is 5.75 Å². The third-order valence-electron chi connectivity index (χ3n) is 10.5. The van der Waals surface area contributed by atoms with Crippen LogP contribution in [0.25, 0.3) is 10.9 Å². The molecule has 2 aliphatic heterocycles. The molecule has 14 heteroatoms. The Balaban J connectivity index is 0.971. The number of amides is 2. The average Bonchev–Trinajstić information content (AvgIpc) is 3.72. The van der Waals surface area contributed by atoms with Crippen molar-refractivity contribution in [1.82, 2.24) is 15.2 Å². The highest BCUT2D eigenvalue weighted by molar-refractivity contribution is 6.47. The average molecular weight is 653 g/mol. The molecule has 0 spiro atoms. The normalized spacial score (nSPS) is 25.8. The number of halogens is 4. The number of pyridine rings is 1. The number of hydrogen-bond donors (Lipinski definition) is 1. The number of hydrogen-bond acceptors (Lipinski definition) is 7. The lowest BCUT2D eigenvalue weighted by Gasteiger charge is -2.60. The molecule has 2 aromatic carbocycles. The fourth-order valence-corrected chi connectivity index (χ4v) is 7.74. The molecule has 246 valence electrons. The van der Waals surface area contributed by atoms with Crippen LogP contribution in [-0.4, -0.2) is 72.4 Å². The zero-order chi connectivity index (χ0) is 33.2. The molecule has 3 aliphatic carbocycles. The molecular weight excluding hydrogens is 621 g/mol. The Hall–Kier alpha value is -4.04. The van der Waals surface area contributed by atoms with Crippen LogP contribution >= 0.6 is 0 Å². The van der Waals surface area contributed by atoms with Gasteiger partial charge in [0, 0.05) is 30.3 Å². The minimum atomic E-state index is -1.81. The molecule has 2 amide bonds. The summed E-state index contributed by atoms with van der Waals surface area (Å²) in [6.07, 6.45) is 5.19. The van der Waals surface area contributed by atoms with Gasteiger partial charge in [0.15, 0.2) is 29.9 Å². The maximum atomic E-state index is 14.0. The summed E-state index contributed by atoms with van der Waals surface area (Å²) >= 11 is 0. The van der Waals surface area contributed by atoms with Crippen LogP contribution in [0.4, 0.5) is 17.6 Å². The van der Waals surface area contributed by atoms with Gasteiger partial charge < -0.3 is 24.3 Å². The molecule has 9 nitrogen and oxygen atoms in total. The second-order valence-electron chi connectivity index (χ2n) is 13.3. The number of nitrogens with zero attached hydrogens (tertiary/aromatic N) is 2. The first-order valence-corrected chi connectivity index (χ1v) is 15.7. The Labute approximate surface area is 268 Å². The number of rotatable bonds is 8. The van der Waals surface area contributed by atoms with Gasteiger partial charge in [0.05, 0.1) is 41.3 Å². The van der Waals surface area contributed by atoms with Crippen molar-refractivity contribution in [3.8, 4) is 5.75 Å². The minimum absolute atomic E-state index is 0.0112. The van der Waals surface area contributed by atoms with Crippen LogP contribution < -0.4 is 10.1 Å². The zero-order valence-electron chi connectivity index (χ0n) is 25.7. The molecule has 5 fully saturated rings. The van der Waals surface area contributed by atoms with Gasteiger partial charge in [-0.25, -0.2) is 17.6 Å². The SMILES string of the molecule is CC1(C)C2CC1[C@H]1OB([C@@H]3CCCN3C(=O)CNC(=O)c3ccnc4cc(OCC(=O)c5c(F)c(F)cc(F)c5F)ccc34)O[C@H]1C2. The van der Waals surface area contributed by atoms with E-state index in [0.29, 0.717) is 29.3 Å². The Morgan fingerprint density at radius 2 is 1.83 bits per heavy atom. The van der Waals surface area contributed by atoms with Crippen molar-refractivity contribution in [3.63, 3.8) is 0 Å². The molecule has 8 rings (SSSR count). The molecular formula is C33H32BF4N3O6. The maximum Gasteiger partial charge on any atom is 0.481 e. The number of carbonyl (C=O) groups is 3. The van der Waals surface area contributed by atoms with Crippen LogP contribution in [0.15, 0.2) is 36.5 Å². The van der Waals surface area contributed by atoms with Crippen molar-refractivity contribution in [2.24, 2.45) is 17.3 Å². The van der Waals surface area contributed by atoms with Crippen LogP contribution in [0, 0.1) is 40.5 Å². The fourth-order valence-electron chi connectivity index (χ4n) is 7.74. The molecule has 1 aromatic heterocycles. The number of Topliss-reactive ketones (excluding diaryl/α,β-unsaturated/α-hetero) is 1. The number of ether oxygens (including phenoxy) is 1. The van der Waals surface area contributed by atoms with Crippen molar-refractivity contribution >= 4 is 35.6 Å². The molecule has 3 aromatic rings. The topological polar surface area (TPSA) is 107 Å². The van der Waals surface area contributed by atoms with Gasteiger partial charge in [-0.2, -0.15) is 0 Å². The second-order valence-corrected chi connectivity index (χ2v) is 13.3. The molecule has 3 saturated carbocycles. The number of carbonyl (C=O) groups excluding carboxylic acids is 3. The van der Waals surface area contributed by atoms with E-state index < -0.39 is 54.2 Å². The molecule has 2 saturated heterocycles. The minimum Gasteiger partial charge on any atom is -0.485 e. The van der Waals surface area contributed by atoms with Crippen molar-refractivity contribution in [1.29, 1.82) is 0 Å². The number of likely N-dealkylation sites (tertiary alicyclic amines) is 1. The van der Waals surface area contributed by atoms with Gasteiger partial charge in [0.25, 0.3) is 5.91 Å². The van der Waals surface area contributed by atoms with E-state index in [4.69, 9.17) is 14.0 Å². The van der Waals surface area contributed by atoms with E-state index in [2.05, 4.69) is 24.1 Å². The number of nitrogens with one attached hydrogen (secondary N) is 1. The second kappa shape index (κ2) is 11.9. The monoisotopic (exact) mass is 653 g/mol. The largest absolute Gasteiger partial charge is 0.485 e. The van der Waals surface area contributed by atoms with Gasteiger partial charge in [-0.3, -0.25) is 19.4 Å². The van der Waals surface area contributed by atoms with E-state index in [9.17, 15) is 31.9 Å². The summed E-state index contributed by atoms with van der Waals surface area (Å²) < 4.78 is 73.1. The van der Waals surface area contributed by atoms with Crippen molar-refractivity contribution in [2.45, 2.75) is 57.7 Å². The zero-order valence-corrected chi connectivity index (χ0v) is 25.7. The summed E-state index contributed by atoms with van der Waals surface area (Å²) in [4.78, 5) is 44.8. The van der Waals surface area contributed by atoms with Crippen LogP contribution in [0.1, 0.15) is 60.2 Å². The Kier molecular flexibility index (Phi) is 7.98. The molecule has 1 N–H and O–H groups in total. The molecule has 0 radical (unpaired) electrons. The van der Waals surface area contributed by atoms with Gasteiger partial charge in [-0.05, 0) is 61.1 Å². The number of ketones is 1. The highest BCUT2D eigenvalue weighted by Crippen LogP contribution is 2.61. The predicted molar refractivity (Wildman–Crippen MR) is 160 cm³/mol. The standard InChI is InChI=1S/C33H32BF4N3O6/c1-33(2)16-10-20(33)31-25(11-16)46-34(47-31)26-4-3-9-41(26)27(43)14-40-32(44)19-7-8-39-23-12-17(5-6-18(19)23)45-15-24(42)28-29(37)21(35)13-22(36)30(28)38/h5-8,12-13,16,20,25-26,31H,3-4,9-11,14-15H2,1-2H3,(H,40,44)/t16?,20?,25-,26-,31+/m0/s1. The first kappa shape index (κ1) is 31.6. The van der Waals surface area contributed by atoms with Crippen molar-refractivity contribution in [3.05, 3.63) is 70.9 Å². The summed E-state index contributed by atoms with van der Waals surface area (Å²) in [5.74, 6) is -8.16. The Bertz CT molecular complexity index is 1770. The number of benzene rings is 2. The third-order valence-corrected chi connectivity index (χ3v) is 10.5. The van der Waals surface area contributed by atoms with Gasteiger partial charge in [-0.1, -0.05) is 13.8 Å². The Morgan fingerprint density at radius 3 is 2.57 bits per heavy atom. The first-order chi connectivity index (χ1) is 22.4. The summed E-state index contributed by atoms with van der Waals surface area (Å²) in [7, 11) is -0.480. The summed E-state index contributed by atoms with van der Waals surface area (Å²) in [6.45, 7) is 3.99. The van der Waals surface area contributed by atoms with E-state index in [-0.39, 0.29) is 53.4 Å². The smallest absolute Gasteiger partial charge is 0.481 e. The van der Waals surface area contributed by atoms with E-state index >= 15 is 0 Å². The predicted octanol–water partition coefficient (Wildman–Crippen LogP) is 4.65. The van der Waals surface area contributed by atoms with Gasteiger partial charge in [0.1, 0.15) is 5.75 Å². The molecule has 2 unspecified atom stereocenters. The first-order valence-electron chi connectivity index (χ1n) is 15.7. The lowest BCUT2D eigenvalue weighted by atomic mass is 9.47. The quantitative estimate of drug-likeness (QED) is 0.163.